The van der Waals surface area contributed by atoms with Crippen LogP contribution in [0.15, 0.2) is 29.0 Å². The lowest BCUT2D eigenvalue weighted by Crippen LogP contribution is -1.80. The highest BCUT2D eigenvalue weighted by atomic mass is 35.5. The first-order valence-electron chi connectivity index (χ1n) is 3.92. The molecule has 0 N–H and O–H groups in total. The van der Waals surface area contributed by atoms with Gasteiger partial charge in [0.2, 0.25) is 0 Å². The normalized spacial score (nSPS) is 10.4. The molecule has 0 aliphatic carbocycles. The van der Waals surface area contributed by atoms with Crippen LogP contribution in [0.4, 0.5) is 4.39 Å². The van der Waals surface area contributed by atoms with Crippen LogP contribution in [0.1, 0.15) is 5.69 Å². The Bertz CT molecular complexity index is 444. The van der Waals surface area contributed by atoms with Crippen LogP contribution in [0.3, 0.4) is 0 Å². The maximum absolute atomic E-state index is 12.8. The fourth-order valence-corrected chi connectivity index (χ4v) is 1.18. The van der Waals surface area contributed by atoms with E-state index in [4.69, 9.17) is 16.1 Å². The van der Waals surface area contributed by atoms with Crippen LogP contribution in [0.25, 0.3) is 11.3 Å². The highest BCUT2D eigenvalue weighted by molar-refractivity contribution is 6.16. The molecule has 2 aromatic rings. The lowest BCUT2D eigenvalue weighted by molar-refractivity contribution is 0.426. The third-order valence-electron chi connectivity index (χ3n) is 1.69. The Kier molecular flexibility index (Phi) is 2.45. The van der Waals surface area contributed by atoms with E-state index >= 15 is 0 Å². The second kappa shape index (κ2) is 3.75. The molecule has 0 fully saturated rings. The van der Waals surface area contributed by atoms with Gasteiger partial charge in [-0.3, -0.25) is 4.98 Å². The van der Waals surface area contributed by atoms with E-state index in [0.717, 1.165) is 6.20 Å². The van der Waals surface area contributed by atoms with Gasteiger partial charge in [0, 0.05) is 17.8 Å². The van der Waals surface area contributed by atoms with E-state index in [0.29, 0.717) is 17.0 Å². The molecule has 5 heteroatoms. The summed E-state index contributed by atoms with van der Waals surface area (Å²) in [6, 6.07) is 2.98. The van der Waals surface area contributed by atoms with Gasteiger partial charge in [-0.15, -0.1) is 11.6 Å². The number of pyridine rings is 1. The van der Waals surface area contributed by atoms with Gasteiger partial charge in [-0.05, 0) is 6.07 Å². The molecular formula is C9H6ClFN2O. The summed E-state index contributed by atoms with van der Waals surface area (Å²) in [6.45, 7) is 0. The topological polar surface area (TPSA) is 38.9 Å². The van der Waals surface area contributed by atoms with Crippen molar-refractivity contribution in [3.8, 4) is 11.3 Å². The van der Waals surface area contributed by atoms with Crippen LogP contribution in [-0.2, 0) is 5.88 Å². The van der Waals surface area contributed by atoms with Crippen LogP contribution in [0.2, 0.25) is 0 Å². The smallest absolute Gasteiger partial charge is 0.168 e. The summed E-state index contributed by atoms with van der Waals surface area (Å²) < 4.78 is 17.7. The van der Waals surface area contributed by atoms with Crippen molar-refractivity contribution in [3.05, 3.63) is 36.0 Å². The standard InChI is InChI=1S/C9H6ClFN2O/c10-3-8-2-9(14-13-8)6-1-7(11)5-12-4-6/h1-2,4-5H,3H2. The quantitative estimate of drug-likeness (QED) is 0.719. The lowest BCUT2D eigenvalue weighted by atomic mass is 10.2. The molecule has 2 aromatic heterocycles. The van der Waals surface area contributed by atoms with Gasteiger partial charge in [0.05, 0.1) is 17.8 Å². The molecule has 14 heavy (non-hydrogen) atoms. The van der Waals surface area contributed by atoms with Crippen molar-refractivity contribution in [2.24, 2.45) is 0 Å². The van der Waals surface area contributed by atoms with Crippen LogP contribution >= 0.6 is 11.6 Å². The van der Waals surface area contributed by atoms with Crippen molar-refractivity contribution >= 4 is 11.6 Å². The number of hydrogen-bond donors (Lipinski definition) is 0. The molecule has 3 nitrogen and oxygen atoms in total. The Morgan fingerprint density at radius 3 is 2.86 bits per heavy atom. The largest absolute Gasteiger partial charge is 0.356 e. The highest BCUT2D eigenvalue weighted by Crippen LogP contribution is 2.20. The van der Waals surface area contributed by atoms with E-state index in [1.54, 1.807) is 6.07 Å². The minimum atomic E-state index is -0.411. The molecule has 0 aliphatic rings. The fraction of sp³-hybridized carbons (Fsp3) is 0.111. The molecule has 0 atom stereocenters. The van der Waals surface area contributed by atoms with Crippen molar-refractivity contribution < 1.29 is 8.91 Å². The average molecular weight is 213 g/mol. The summed E-state index contributed by atoms with van der Waals surface area (Å²) in [4.78, 5) is 3.70. The van der Waals surface area contributed by atoms with Crippen molar-refractivity contribution in [2.45, 2.75) is 5.88 Å². The minimum absolute atomic E-state index is 0.270. The summed E-state index contributed by atoms with van der Waals surface area (Å²) in [5, 5.41) is 3.68. The molecule has 2 heterocycles. The van der Waals surface area contributed by atoms with Gasteiger partial charge < -0.3 is 4.52 Å². The van der Waals surface area contributed by atoms with Gasteiger partial charge in [-0.25, -0.2) is 4.39 Å². The van der Waals surface area contributed by atoms with Gasteiger partial charge >= 0.3 is 0 Å². The maximum atomic E-state index is 12.8. The molecule has 0 aliphatic heterocycles. The van der Waals surface area contributed by atoms with Gasteiger partial charge in [-0.2, -0.15) is 0 Å². The second-order valence-electron chi connectivity index (χ2n) is 2.71. The number of nitrogens with zero attached hydrogens (tertiary/aromatic N) is 2. The first-order chi connectivity index (χ1) is 6.79. The van der Waals surface area contributed by atoms with E-state index in [9.17, 15) is 4.39 Å². The van der Waals surface area contributed by atoms with Gasteiger partial charge in [0.15, 0.2) is 5.76 Å². The van der Waals surface area contributed by atoms with E-state index < -0.39 is 5.82 Å². The predicted molar refractivity (Wildman–Crippen MR) is 49.2 cm³/mol. The number of rotatable bonds is 2. The molecule has 0 saturated carbocycles. The summed E-state index contributed by atoms with van der Waals surface area (Å²) in [5.41, 5.74) is 1.17. The van der Waals surface area contributed by atoms with Crippen molar-refractivity contribution in [3.63, 3.8) is 0 Å². The minimum Gasteiger partial charge on any atom is -0.356 e. The summed E-state index contributed by atoms with van der Waals surface area (Å²) in [5.74, 6) is 0.325. The molecule has 0 unspecified atom stereocenters. The monoisotopic (exact) mass is 212 g/mol. The Hall–Kier alpha value is -1.42. The van der Waals surface area contributed by atoms with E-state index in [2.05, 4.69) is 10.1 Å². The molecule has 2 rings (SSSR count). The second-order valence-corrected chi connectivity index (χ2v) is 2.98. The van der Waals surface area contributed by atoms with Gasteiger partial charge in [-0.1, -0.05) is 5.16 Å². The fourth-order valence-electron chi connectivity index (χ4n) is 1.06. The van der Waals surface area contributed by atoms with Crippen LogP contribution in [-0.4, -0.2) is 10.1 Å². The summed E-state index contributed by atoms with van der Waals surface area (Å²) in [7, 11) is 0. The Balaban J connectivity index is 2.39. The third-order valence-corrected chi connectivity index (χ3v) is 1.96. The highest BCUT2D eigenvalue weighted by Gasteiger charge is 2.06. The predicted octanol–water partition coefficient (Wildman–Crippen LogP) is 2.61. The molecule has 0 aromatic carbocycles. The van der Waals surface area contributed by atoms with E-state index in [1.807, 2.05) is 0 Å². The number of alkyl halides is 1. The summed E-state index contributed by atoms with van der Waals surface area (Å²) >= 11 is 5.55. The van der Waals surface area contributed by atoms with Crippen LogP contribution in [0.5, 0.6) is 0 Å². The zero-order valence-corrected chi connectivity index (χ0v) is 7.83. The summed E-state index contributed by atoms with van der Waals surface area (Å²) in [6.07, 6.45) is 2.63. The molecule has 0 amide bonds. The molecular weight excluding hydrogens is 207 g/mol. The number of halogens is 2. The number of aromatic nitrogens is 2. The molecule has 0 bridgehead atoms. The van der Waals surface area contributed by atoms with Crippen LogP contribution < -0.4 is 0 Å². The zero-order valence-electron chi connectivity index (χ0n) is 7.08. The Morgan fingerprint density at radius 2 is 2.21 bits per heavy atom. The molecule has 0 spiro atoms. The Morgan fingerprint density at radius 1 is 1.36 bits per heavy atom. The zero-order chi connectivity index (χ0) is 9.97. The lowest BCUT2D eigenvalue weighted by Gasteiger charge is -1.92. The SMILES string of the molecule is Fc1cncc(-c2cc(CCl)no2)c1. The van der Waals surface area contributed by atoms with Crippen molar-refractivity contribution in [1.29, 1.82) is 0 Å². The van der Waals surface area contributed by atoms with E-state index in [-0.39, 0.29) is 5.88 Å². The third kappa shape index (κ3) is 1.75. The first kappa shape index (κ1) is 9.15. The van der Waals surface area contributed by atoms with Crippen molar-refractivity contribution in [2.75, 3.05) is 0 Å². The number of hydrogen-bond acceptors (Lipinski definition) is 3. The molecule has 72 valence electrons. The van der Waals surface area contributed by atoms with Crippen molar-refractivity contribution in [1.82, 2.24) is 10.1 Å². The van der Waals surface area contributed by atoms with Gasteiger partial charge in [0.25, 0.3) is 0 Å². The maximum Gasteiger partial charge on any atom is 0.168 e. The molecule has 0 saturated heterocycles. The first-order valence-corrected chi connectivity index (χ1v) is 4.45. The van der Waals surface area contributed by atoms with Crippen LogP contribution in [0, 0.1) is 5.82 Å². The van der Waals surface area contributed by atoms with E-state index in [1.165, 1.54) is 12.3 Å². The Labute approximate surface area is 84.5 Å². The molecule has 0 radical (unpaired) electrons. The van der Waals surface area contributed by atoms with Gasteiger partial charge in [0.1, 0.15) is 5.82 Å². The average Bonchev–Trinajstić information content (AvgIpc) is 2.66.